The van der Waals surface area contributed by atoms with Gasteiger partial charge in [-0.15, -0.1) is 0 Å². The third-order valence-corrected chi connectivity index (χ3v) is 5.45. The number of ether oxygens (including phenoxy) is 2. The molecule has 186 valence electrons. The minimum Gasteiger partial charge on any atom is -0.488 e. The van der Waals surface area contributed by atoms with Crippen LogP contribution in [0, 0.1) is 5.82 Å². The van der Waals surface area contributed by atoms with Crippen LogP contribution in [0.3, 0.4) is 0 Å². The van der Waals surface area contributed by atoms with Gasteiger partial charge in [0.2, 0.25) is 0 Å². The monoisotopic (exact) mass is 490 g/mol. The molecule has 0 radical (unpaired) electrons. The van der Waals surface area contributed by atoms with Gasteiger partial charge in [-0.3, -0.25) is 9.78 Å². The summed E-state index contributed by atoms with van der Waals surface area (Å²) >= 11 is 0. The van der Waals surface area contributed by atoms with Crippen LogP contribution in [0.5, 0.6) is 11.6 Å². The highest BCUT2D eigenvalue weighted by molar-refractivity contribution is 6.06. The number of halogens is 1. The van der Waals surface area contributed by atoms with Gasteiger partial charge in [0.1, 0.15) is 12.1 Å². The Morgan fingerprint density at radius 2 is 1.86 bits per heavy atom. The number of rotatable bonds is 10. The smallest absolute Gasteiger partial charge is 0.257 e. The Labute approximate surface area is 208 Å². The van der Waals surface area contributed by atoms with Gasteiger partial charge in [0.25, 0.3) is 11.8 Å². The summed E-state index contributed by atoms with van der Waals surface area (Å²) in [5.41, 5.74) is 2.92. The normalized spacial score (nSPS) is 10.8. The average molecular weight is 491 g/mol. The molecule has 10 heteroatoms. The van der Waals surface area contributed by atoms with Crippen molar-refractivity contribution in [2.24, 2.45) is 0 Å². The first kappa shape index (κ1) is 24.8. The number of nitrogens with one attached hydrogen (secondary N) is 2. The second kappa shape index (κ2) is 11.4. The van der Waals surface area contributed by atoms with Crippen LogP contribution in [0.15, 0.2) is 49.1 Å². The van der Waals surface area contributed by atoms with Gasteiger partial charge < -0.3 is 20.1 Å². The van der Waals surface area contributed by atoms with Crippen molar-refractivity contribution in [2.45, 2.75) is 20.3 Å². The highest BCUT2D eigenvalue weighted by Gasteiger charge is 2.17. The Hall–Kier alpha value is -4.34. The van der Waals surface area contributed by atoms with Crippen molar-refractivity contribution in [1.82, 2.24) is 25.3 Å². The van der Waals surface area contributed by atoms with E-state index >= 15 is 0 Å². The Bertz CT molecular complexity index is 1380. The van der Waals surface area contributed by atoms with Gasteiger partial charge in [-0.05, 0) is 31.9 Å². The Balaban J connectivity index is 1.51. The van der Waals surface area contributed by atoms with Crippen LogP contribution in [0.1, 0.15) is 29.8 Å². The summed E-state index contributed by atoms with van der Waals surface area (Å²) in [6.07, 6.45) is 4.83. The first-order valence-corrected chi connectivity index (χ1v) is 11.7. The van der Waals surface area contributed by atoms with Crippen LogP contribution in [-0.2, 0) is 6.42 Å². The molecule has 9 nitrogen and oxygen atoms in total. The van der Waals surface area contributed by atoms with Crippen LogP contribution >= 0.6 is 0 Å². The van der Waals surface area contributed by atoms with E-state index in [2.05, 4.69) is 30.6 Å². The largest absolute Gasteiger partial charge is 0.488 e. The number of amides is 1. The number of fused-ring (bicyclic) bond motifs is 1. The summed E-state index contributed by atoms with van der Waals surface area (Å²) in [6.45, 7) is 5.30. The number of nitrogens with zero attached hydrogens (tertiary/aromatic N) is 4. The molecule has 1 amide bonds. The molecule has 0 fully saturated rings. The number of hydrogen-bond donors (Lipinski definition) is 2. The predicted octanol–water partition coefficient (Wildman–Crippen LogP) is 4.04. The van der Waals surface area contributed by atoms with E-state index in [1.807, 2.05) is 32.0 Å². The maximum absolute atomic E-state index is 14.3. The Kier molecular flexibility index (Phi) is 7.84. The zero-order valence-electron chi connectivity index (χ0n) is 20.3. The fraction of sp³-hybridized carbons (Fsp3) is 0.269. The molecule has 0 atom stereocenters. The lowest BCUT2D eigenvalue weighted by Crippen LogP contribution is -2.20. The van der Waals surface area contributed by atoms with E-state index in [9.17, 15) is 9.18 Å². The first-order valence-electron chi connectivity index (χ1n) is 11.7. The minimum atomic E-state index is -0.651. The molecule has 3 aromatic heterocycles. The molecule has 0 bridgehead atoms. The van der Waals surface area contributed by atoms with E-state index in [1.54, 1.807) is 18.3 Å². The number of carbonyl (C=O) groups is 1. The molecule has 0 saturated heterocycles. The predicted molar refractivity (Wildman–Crippen MR) is 135 cm³/mol. The maximum Gasteiger partial charge on any atom is 0.257 e. The van der Waals surface area contributed by atoms with Crippen LogP contribution in [0.4, 0.5) is 10.2 Å². The van der Waals surface area contributed by atoms with Crippen LogP contribution < -0.4 is 20.1 Å². The number of pyridine rings is 2. The highest BCUT2D eigenvalue weighted by Crippen LogP contribution is 2.30. The molecular formula is C26H27FN6O3. The van der Waals surface area contributed by atoms with Gasteiger partial charge in [-0.25, -0.2) is 19.3 Å². The second-order valence-corrected chi connectivity index (χ2v) is 7.73. The number of anilines is 1. The number of carbonyl (C=O) groups excluding carboxylic acids is 1. The molecule has 0 aliphatic carbocycles. The molecule has 4 aromatic rings. The van der Waals surface area contributed by atoms with E-state index in [1.165, 1.54) is 13.4 Å². The van der Waals surface area contributed by atoms with E-state index in [0.717, 1.165) is 17.3 Å². The van der Waals surface area contributed by atoms with Crippen LogP contribution in [0.25, 0.3) is 22.2 Å². The van der Waals surface area contributed by atoms with Crippen molar-refractivity contribution in [3.8, 4) is 22.9 Å². The molecule has 3 heterocycles. The number of benzene rings is 1. The van der Waals surface area contributed by atoms with Crippen molar-refractivity contribution in [3.05, 3.63) is 66.0 Å². The molecule has 0 aliphatic rings. The standard InChI is InChI=1S/C26H27FN6O3/c1-4-35-21-11-17(13-31-26(21)36-5-2)20-12-22(33-15-32-20)29-10-9-16-7-6-8-18-23(25(34)28-3)19(27)14-30-24(16)18/h6-8,11-15H,4-5,9-10H2,1-3H3,(H,28,34)(H,29,32,33). The SMILES string of the molecule is CCOc1cc(-c2cc(NCCc3cccc4c(C(=O)NC)c(F)cnc34)ncn2)cnc1OCC. The second-order valence-electron chi connectivity index (χ2n) is 7.73. The maximum atomic E-state index is 14.3. The topological polar surface area (TPSA) is 111 Å². The summed E-state index contributed by atoms with van der Waals surface area (Å²) in [6, 6.07) is 9.08. The molecule has 4 rings (SSSR count). The third kappa shape index (κ3) is 5.32. The van der Waals surface area contributed by atoms with E-state index < -0.39 is 11.7 Å². The van der Waals surface area contributed by atoms with Crippen LogP contribution in [-0.4, -0.2) is 52.6 Å². The quantitative estimate of drug-likeness (QED) is 0.343. The molecule has 2 N–H and O–H groups in total. The van der Waals surface area contributed by atoms with Crippen molar-refractivity contribution in [3.63, 3.8) is 0 Å². The zero-order valence-corrected chi connectivity index (χ0v) is 20.3. The molecule has 1 aromatic carbocycles. The Morgan fingerprint density at radius 3 is 2.64 bits per heavy atom. The molecule has 0 saturated carbocycles. The number of hydrogen-bond acceptors (Lipinski definition) is 8. The van der Waals surface area contributed by atoms with E-state index in [-0.39, 0.29) is 5.56 Å². The fourth-order valence-electron chi connectivity index (χ4n) is 3.83. The third-order valence-electron chi connectivity index (χ3n) is 5.45. The summed E-state index contributed by atoms with van der Waals surface area (Å²) < 4.78 is 25.5. The summed E-state index contributed by atoms with van der Waals surface area (Å²) in [5, 5.41) is 6.25. The average Bonchev–Trinajstić information content (AvgIpc) is 2.89. The Morgan fingerprint density at radius 1 is 1.03 bits per heavy atom. The van der Waals surface area contributed by atoms with Gasteiger partial charge >= 0.3 is 0 Å². The summed E-state index contributed by atoms with van der Waals surface area (Å²) in [5.74, 6) is 0.499. The minimum absolute atomic E-state index is 0.00635. The van der Waals surface area contributed by atoms with E-state index in [4.69, 9.17) is 9.47 Å². The lowest BCUT2D eigenvalue weighted by molar-refractivity contribution is 0.0960. The lowest BCUT2D eigenvalue weighted by atomic mass is 10.0. The van der Waals surface area contributed by atoms with Gasteiger partial charge in [0.15, 0.2) is 11.6 Å². The fourth-order valence-corrected chi connectivity index (χ4v) is 3.83. The highest BCUT2D eigenvalue weighted by atomic mass is 19.1. The number of aromatic nitrogens is 4. The van der Waals surface area contributed by atoms with Crippen molar-refractivity contribution >= 4 is 22.6 Å². The summed E-state index contributed by atoms with van der Waals surface area (Å²) in [4.78, 5) is 29.5. The van der Waals surface area contributed by atoms with Gasteiger partial charge in [0, 0.05) is 36.8 Å². The zero-order chi connectivity index (χ0) is 25.5. The van der Waals surface area contributed by atoms with Crippen molar-refractivity contribution in [1.29, 1.82) is 0 Å². The lowest BCUT2D eigenvalue weighted by Gasteiger charge is -2.12. The van der Waals surface area contributed by atoms with Gasteiger partial charge in [-0.1, -0.05) is 18.2 Å². The van der Waals surface area contributed by atoms with Gasteiger partial charge in [-0.2, -0.15) is 0 Å². The molecule has 0 spiro atoms. The number of para-hydroxylation sites is 1. The molecule has 0 aliphatic heterocycles. The van der Waals surface area contributed by atoms with Crippen LogP contribution in [0.2, 0.25) is 0 Å². The first-order chi connectivity index (χ1) is 17.5. The molecule has 36 heavy (non-hydrogen) atoms. The molecular weight excluding hydrogens is 463 g/mol. The van der Waals surface area contributed by atoms with Crippen molar-refractivity contribution in [2.75, 3.05) is 32.1 Å². The summed E-state index contributed by atoms with van der Waals surface area (Å²) in [7, 11) is 1.47. The molecule has 0 unspecified atom stereocenters. The van der Waals surface area contributed by atoms with E-state index in [0.29, 0.717) is 60.2 Å². The van der Waals surface area contributed by atoms with Gasteiger partial charge in [0.05, 0.1) is 36.2 Å². The van der Waals surface area contributed by atoms with Crippen molar-refractivity contribution < 1.29 is 18.7 Å².